The third kappa shape index (κ3) is 2.52. The minimum atomic E-state index is 0.514. The van der Waals surface area contributed by atoms with Crippen LogP contribution in [0.1, 0.15) is 11.1 Å². The molecule has 4 heteroatoms. The SMILES string of the molecule is CN(c1ccccc1C#N)c1cc(Cl)ccc1C#N. The number of anilines is 2. The van der Waals surface area contributed by atoms with Gasteiger partial charge in [0.05, 0.1) is 22.5 Å². The second-order valence-corrected chi connectivity index (χ2v) is 4.40. The molecular weight excluding hydrogens is 258 g/mol. The number of para-hydroxylation sites is 1. The fourth-order valence-corrected chi connectivity index (χ4v) is 2.03. The zero-order chi connectivity index (χ0) is 13.8. The van der Waals surface area contributed by atoms with Crippen molar-refractivity contribution in [2.45, 2.75) is 0 Å². The van der Waals surface area contributed by atoms with Crippen LogP contribution in [0, 0.1) is 22.7 Å². The third-order valence-electron chi connectivity index (χ3n) is 2.83. The van der Waals surface area contributed by atoms with E-state index in [1.54, 1.807) is 35.2 Å². The van der Waals surface area contributed by atoms with Gasteiger partial charge in [-0.3, -0.25) is 0 Å². The summed E-state index contributed by atoms with van der Waals surface area (Å²) in [5.41, 5.74) is 2.48. The van der Waals surface area contributed by atoms with Crippen LogP contribution < -0.4 is 4.90 Å². The third-order valence-corrected chi connectivity index (χ3v) is 3.06. The summed E-state index contributed by atoms with van der Waals surface area (Å²) < 4.78 is 0. The maximum atomic E-state index is 9.15. The van der Waals surface area contributed by atoms with Crippen molar-refractivity contribution in [2.24, 2.45) is 0 Å². The lowest BCUT2D eigenvalue weighted by atomic mass is 10.1. The van der Waals surface area contributed by atoms with Gasteiger partial charge in [-0.05, 0) is 30.3 Å². The van der Waals surface area contributed by atoms with Gasteiger partial charge in [-0.2, -0.15) is 10.5 Å². The van der Waals surface area contributed by atoms with Crippen LogP contribution in [0.4, 0.5) is 11.4 Å². The Labute approximate surface area is 116 Å². The zero-order valence-corrected chi connectivity index (χ0v) is 11.0. The lowest BCUT2D eigenvalue weighted by Crippen LogP contribution is -2.12. The Kier molecular flexibility index (Phi) is 3.71. The highest BCUT2D eigenvalue weighted by molar-refractivity contribution is 6.30. The number of nitriles is 2. The molecule has 0 aliphatic rings. The second kappa shape index (κ2) is 5.44. The lowest BCUT2D eigenvalue weighted by Gasteiger charge is -2.21. The van der Waals surface area contributed by atoms with Crippen LogP contribution in [0.3, 0.4) is 0 Å². The van der Waals surface area contributed by atoms with Gasteiger partial charge in [0.25, 0.3) is 0 Å². The monoisotopic (exact) mass is 267 g/mol. The van der Waals surface area contributed by atoms with Crippen LogP contribution in [-0.2, 0) is 0 Å². The summed E-state index contributed by atoms with van der Waals surface area (Å²) in [5.74, 6) is 0. The Morgan fingerprint density at radius 2 is 1.58 bits per heavy atom. The van der Waals surface area contributed by atoms with Gasteiger partial charge in [0.2, 0.25) is 0 Å². The van der Waals surface area contributed by atoms with E-state index in [1.807, 2.05) is 19.2 Å². The van der Waals surface area contributed by atoms with Crippen LogP contribution in [0.5, 0.6) is 0 Å². The average molecular weight is 268 g/mol. The maximum Gasteiger partial charge on any atom is 0.101 e. The first-order valence-corrected chi connectivity index (χ1v) is 5.97. The normalized spacial score (nSPS) is 9.47. The number of rotatable bonds is 2. The molecule has 0 N–H and O–H groups in total. The fourth-order valence-electron chi connectivity index (χ4n) is 1.87. The molecule has 0 bridgehead atoms. The summed E-state index contributed by atoms with van der Waals surface area (Å²) in [7, 11) is 1.81. The van der Waals surface area contributed by atoms with E-state index in [1.165, 1.54) is 0 Å². The highest BCUT2D eigenvalue weighted by Gasteiger charge is 2.12. The summed E-state index contributed by atoms with van der Waals surface area (Å²) in [6.45, 7) is 0. The van der Waals surface area contributed by atoms with Crippen LogP contribution in [0.25, 0.3) is 0 Å². The Morgan fingerprint density at radius 1 is 0.947 bits per heavy atom. The molecule has 0 aromatic heterocycles. The van der Waals surface area contributed by atoms with E-state index in [0.717, 1.165) is 5.69 Å². The van der Waals surface area contributed by atoms with E-state index in [9.17, 15) is 0 Å². The van der Waals surface area contributed by atoms with Gasteiger partial charge in [-0.25, -0.2) is 0 Å². The maximum absolute atomic E-state index is 9.15. The molecule has 0 saturated heterocycles. The van der Waals surface area contributed by atoms with E-state index in [2.05, 4.69) is 12.1 Å². The molecule has 0 unspecified atom stereocenters. The minimum Gasteiger partial charge on any atom is -0.342 e. The van der Waals surface area contributed by atoms with Crippen molar-refractivity contribution in [3.05, 3.63) is 58.6 Å². The van der Waals surface area contributed by atoms with E-state index in [-0.39, 0.29) is 0 Å². The molecule has 2 aromatic rings. The quantitative estimate of drug-likeness (QED) is 0.830. The molecular formula is C15H10ClN3. The van der Waals surface area contributed by atoms with Gasteiger partial charge in [-0.15, -0.1) is 0 Å². The molecule has 2 rings (SSSR count). The second-order valence-electron chi connectivity index (χ2n) is 3.96. The standard InChI is InChI=1S/C15H10ClN3/c1-19(14-5-3-2-4-11(14)9-17)15-8-13(16)7-6-12(15)10-18/h2-8H,1H3. The van der Waals surface area contributed by atoms with Gasteiger partial charge in [0.15, 0.2) is 0 Å². The Balaban J connectivity index is 2.57. The van der Waals surface area contributed by atoms with E-state index in [0.29, 0.717) is 21.8 Å². The number of benzene rings is 2. The van der Waals surface area contributed by atoms with Crippen LogP contribution in [-0.4, -0.2) is 7.05 Å². The predicted molar refractivity (Wildman–Crippen MR) is 75.4 cm³/mol. The van der Waals surface area contributed by atoms with E-state index in [4.69, 9.17) is 22.1 Å². The smallest absolute Gasteiger partial charge is 0.101 e. The fraction of sp³-hybridized carbons (Fsp3) is 0.0667. The number of nitrogens with zero attached hydrogens (tertiary/aromatic N) is 3. The first-order valence-electron chi connectivity index (χ1n) is 5.60. The highest BCUT2D eigenvalue weighted by atomic mass is 35.5. The zero-order valence-electron chi connectivity index (χ0n) is 10.3. The van der Waals surface area contributed by atoms with Crippen LogP contribution >= 0.6 is 11.6 Å². The molecule has 3 nitrogen and oxygen atoms in total. The molecule has 0 radical (unpaired) electrons. The summed E-state index contributed by atoms with van der Waals surface area (Å²) in [5, 5.41) is 18.8. The van der Waals surface area contributed by atoms with Gasteiger partial charge < -0.3 is 4.90 Å². The Bertz CT molecular complexity index is 695. The Hall–Kier alpha value is -2.49. The van der Waals surface area contributed by atoms with E-state index >= 15 is 0 Å². The number of hydrogen-bond donors (Lipinski definition) is 0. The average Bonchev–Trinajstić information content (AvgIpc) is 2.46. The first-order chi connectivity index (χ1) is 9.17. The van der Waals surface area contributed by atoms with Crippen LogP contribution in [0.2, 0.25) is 5.02 Å². The van der Waals surface area contributed by atoms with Gasteiger partial charge in [0.1, 0.15) is 12.1 Å². The van der Waals surface area contributed by atoms with Gasteiger partial charge in [0, 0.05) is 12.1 Å². The molecule has 0 spiro atoms. The summed E-state index contributed by atoms with van der Waals surface area (Å²) in [6, 6.07) is 16.6. The van der Waals surface area contributed by atoms with Crippen molar-refractivity contribution in [3.63, 3.8) is 0 Å². The minimum absolute atomic E-state index is 0.514. The molecule has 0 atom stereocenters. The highest BCUT2D eigenvalue weighted by Crippen LogP contribution is 2.31. The molecule has 0 aliphatic carbocycles. The number of hydrogen-bond acceptors (Lipinski definition) is 3. The summed E-state index contributed by atoms with van der Waals surface area (Å²) in [6.07, 6.45) is 0. The van der Waals surface area contributed by atoms with Crippen molar-refractivity contribution in [1.82, 2.24) is 0 Å². The largest absolute Gasteiger partial charge is 0.342 e. The van der Waals surface area contributed by atoms with Crippen molar-refractivity contribution < 1.29 is 0 Å². The summed E-state index contributed by atoms with van der Waals surface area (Å²) >= 11 is 5.98. The first kappa shape index (κ1) is 13.0. The van der Waals surface area contributed by atoms with Crippen molar-refractivity contribution in [1.29, 1.82) is 10.5 Å². The molecule has 92 valence electrons. The van der Waals surface area contributed by atoms with Crippen LogP contribution in [0.15, 0.2) is 42.5 Å². The van der Waals surface area contributed by atoms with Gasteiger partial charge >= 0.3 is 0 Å². The predicted octanol–water partition coefficient (Wildman–Crippen LogP) is 3.85. The molecule has 0 fully saturated rings. The van der Waals surface area contributed by atoms with E-state index < -0.39 is 0 Å². The molecule has 0 aliphatic heterocycles. The van der Waals surface area contributed by atoms with Crippen molar-refractivity contribution >= 4 is 23.0 Å². The molecule has 19 heavy (non-hydrogen) atoms. The Morgan fingerprint density at radius 3 is 2.26 bits per heavy atom. The molecule has 2 aromatic carbocycles. The molecule has 0 saturated carbocycles. The topological polar surface area (TPSA) is 50.8 Å². The summed E-state index contributed by atoms with van der Waals surface area (Å²) in [4.78, 5) is 1.79. The number of halogens is 1. The van der Waals surface area contributed by atoms with Crippen molar-refractivity contribution in [3.8, 4) is 12.1 Å². The lowest BCUT2D eigenvalue weighted by molar-refractivity contribution is 1.19. The molecule has 0 amide bonds. The van der Waals surface area contributed by atoms with Crippen molar-refractivity contribution in [2.75, 3.05) is 11.9 Å². The van der Waals surface area contributed by atoms with Gasteiger partial charge in [-0.1, -0.05) is 23.7 Å². The molecule has 0 heterocycles.